The van der Waals surface area contributed by atoms with E-state index in [0.717, 1.165) is 18.6 Å². The molecule has 0 radical (unpaired) electrons. The number of cyclic esters (lactones) is 1. The van der Waals surface area contributed by atoms with E-state index in [9.17, 15) is 19.5 Å². The van der Waals surface area contributed by atoms with Crippen LogP contribution >= 0.6 is 0 Å². The number of carbonyl (C=O) groups excluding carboxylic acids is 3. The molecule has 0 spiro atoms. The van der Waals surface area contributed by atoms with Crippen LogP contribution in [-0.2, 0) is 28.6 Å². The average Bonchev–Trinajstić information content (AvgIpc) is 3.24. The first-order valence-corrected chi connectivity index (χ1v) is 7.48. The number of ether oxygens (including phenoxy) is 3. The smallest absolute Gasteiger partial charge is 0.379 e. The van der Waals surface area contributed by atoms with E-state index in [1.54, 1.807) is 6.92 Å². The zero-order chi connectivity index (χ0) is 20.0. The fourth-order valence-electron chi connectivity index (χ4n) is 0.758. The van der Waals surface area contributed by atoms with Crippen molar-refractivity contribution in [3.8, 4) is 0 Å². The van der Waals surface area contributed by atoms with Crippen LogP contribution in [0.1, 0.15) is 27.2 Å². The van der Waals surface area contributed by atoms with Gasteiger partial charge in [0, 0.05) is 12.2 Å². The molecule has 142 valence electrons. The maximum absolute atomic E-state index is 10.7. The lowest BCUT2D eigenvalue weighted by atomic mass is 10.2. The van der Waals surface area contributed by atoms with Gasteiger partial charge in [-0.15, -0.1) is 0 Å². The molecule has 0 aliphatic carbocycles. The van der Waals surface area contributed by atoms with Crippen LogP contribution in [0.15, 0.2) is 37.6 Å². The molecule has 0 aromatic carbocycles. The minimum absolute atomic E-state index is 0.116. The molecule has 0 amide bonds. The molecule has 25 heavy (non-hydrogen) atoms. The molecule has 0 bridgehead atoms. The van der Waals surface area contributed by atoms with Crippen molar-refractivity contribution in [3.05, 3.63) is 37.6 Å². The van der Waals surface area contributed by atoms with Gasteiger partial charge in [-0.3, -0.25) is 0 Å². The molecule has 3 unspecified atom stereocenters. The van der Waals surface area contributed by atoms with Crippen molar-refractivity contribution >= 4 is 17.9 Å². The molecule has 2 N–H and O–H groups in total. The molecule has 8 nitrogen and oxygen atoms in total. The number of aliphatic hydroxyl groups excluding tert-OH is 2. The predicted octanol–water partition coefficient (Wildman–Crippen LogP) is 1.03. The molecule has 8 heteroatoms. The second kappa shape index (κ2) is 13.9. The van der Waals surface area contributed by atoms with Crippen molar-refractivity contribution in [2.24, 2.45) is 0 Å². The monoisotopic (exact) mass is 358 g/mol. The first kappa shape index (κ1) is 24.8. The predicted molar refractivity (Wildman–Crippen MR) is 90.1 cm³/mol. The summed E-state index contributed by atoms with van der Waals surface area (Å²) in [7, 11) is 0. The van der Waals surface area contributed by atoms with Crippen molar-refractivity contribution in [2.45, 2.75) is 45.5 Å². The van der Waals surface area contributed by atoms with Crippen LogP contribution in [0.2, 0.25) is 0 Å². The first-order valence-electron chi connectivity index (χ1n) is 7.48. The number of esters is 2. The number of rotatable bonds is 7. The summed E-state index contributed by atoms with van der Waals surface area (Å²) in [4.78, 5) is 31.0. The molecule has 0 aromatic heterocycles. The molecular formula is C17H26O8. The lowest BCUT2D eigenvalue weighted by molar-refractivity contribution is -0.153. The van der Waals surface area contributed by atoms with E-state index in [-0.39, 0.29) is 24.4 Å². The summed E-state index contributed by atoms with van der Waals surface area (Å²) >= 11 is 0. The quantitative estimate of drug-likeness (QED) is 0.299. The van der Waals surface area contributed by atoms with Crippen LogP contribution < -0.4 is 0 Å². The average molecular weight is 358 g/mol. The molecule has 0 aromatic rings. The van der Waals surface area contributed by atoms with Gasteiger partial charge < -0.3 is 24.4 Å². The lowest BCUT2D eigenvalue weighted by Gasteiger charge is -2.17. The Morgan fingerprint density at radius 1 is 1.20 bits per heavy atom. The van der Waals surface area contributed by atoms with E-state index >= 15 is 0 Å². The van der Waals surface area contributed by atoms with E-state index in [2.05, 4.69) is 29.2 Å². The van der Waals surface area contributed by atoms with Crippen LogP contribution in [0.25, 0.3) is 0 Å². The minimum atomic E-state index is -1.07. The van der Waals surface area contributed by atoms with Gasteiger partial charge in [-0.1, -0.05) is 20.1 Å². The molecule has 3 atom stereocenters. The van der Waals surface area contributed by atoms with E-state index in [1.807, 2.05) is 6.92 Å². The topological polar surface area (TPSA) is 123 Å². The molecule has 1 fully saturated rings. The van der Waals surface area contributed by atoms with Crippen LogP contribution in [0.4, 0.5) is 0 Å². The summed E-state index contributed by atoms with van der Waals surface area (Å²) in [5, 5.41) is 17.7. The molecule has 1 heterocycles. The van der Waals surface area contributed by atoms with E-state index in [1.165, 1.54) is 6.92 Å². The summed E-state index contributed by atoms with van der Waals surface area (Å²) in [6.07, 6.45) is 0.868. The van der Waals surface area contributed by atoms with Gasteiger partial charge in [0.15, 0.2) is 0 Å². The van der Waals surface area contributed by atoms with E-state index < -0.39 is 24.1 Å². The Balaban J connectivity index is 0. The standard InChI is InChI=1S/C10H14O5.C4H10O.C3H2O2/c1-4-9(12)14-6-8(11)7(3)15-10(13)5-2;1-3-4(2)5;1-2-3(4)5-2/h4-5,7-8,11H,1-2,6H2,3H3;4-5H,3H2,1-2H3;1H2. The minimum Gasteiger partial charge on any atom is -0.460 e. The van der Waals surface area contributed by atoms with Gasteiger partial charge in [-0.25, -0.2) is 14.4 Å². The summed E-state index contributed by atoms with van der Waals surface area (Å²) in [5.41, 5.74) is 0. The Labute approximate surface area is 147 Å². The third-order valence-electron chi connectivity index (χ3n) is 2.57. The fraction of sp³-hybridized carbons (Fsp3) is 0.471. The van der Waals surface area contributed by atoms with Gasteiger partial charge in [-0.2, -0.15) is 0 Å². The normalized spacial score (nSPS) is 14.8. The van der Waals surface area contributed by atoms with Gasteiger partial charge in [0.2, 0.25) is 5.76 Å². The van der Waals surface area contributed by atoms with Crippen molar-refractivity contribution in [1.29, 1.82) is 0 Å². The Morgan fingerprint density at radius 3 is 1.88 bits per heavy atom. The molecule has 0 saturated carbocycles. The molecular weight excluding hydrogens is 332 g/mol. The second-order valence-electron chi connectivity index (χ2n) is 4.82. The Hall–Kier alpha value is -2.45. The number of aliphatic hydroxyl groups is 2. The number of carbonyl (C=O) groups is 3. The maximum Gasteiger partial charge on any atom is 0.379 e. The number of hydrogen-bond acceptors (Lipinski definition) is 8. The zero-order valence-corrected chi connectivity index (χ0v) is 14.8. The van der Waals surface area contributed by atoms with Crippen molar-refractivity contribution in [3.63, 3.8) is 0 Å². The van der Waals surface area contributed by atoms with E-state index in [0.29, 0.717) is 0 Å². The van der Waals surface area contributed by atoms with E-state index in [4.69, 9.17) is 9.84 Å². The third kappa shape index (κ3) is 16.2. The Bertz CT molecular complexity index is 469. The largest absolute Gasteiger partial charge is 0.460 e. The third-order valence-corrected chi connectivity index (χ3v) is 2.57. The summed E-state index contributed by atoms with van der Waals surface area (Å²) < 4.78 is 13.4. The van der Waals surface area contributed by atoms with Crippen LogP contribution in [0.3, 0.4) is 0 Å². The summed E-state index contributed by atoms with van der Waals surface area (Å²) in [5.74, 6) is -1.28. The van der Waals surface area contributed by atoms with Gasteiger partial charge in [0.25, 0.3) is 0 Å². The second-order valence-corrected chi connectivity index (χ2v) is 4.82. The fourth-order valence-corrected chi connectivity index (χ4v) is 0.758. The van der Waals surface area contributed by atoms with Crippen LogP contribution in [0.5, 0.6) is 0 Å². The lowest BCUT2D eigenvalue weighted by Crippen LogP contribution is -2.32. The zero-order valence-electron chi connectivity index (χ0n) is 14.8. The molecule has 1 rings (SSSR count). The van der Waals surface area contributed by atoms with Gasteiger partial charge >= 0.3 is 17.9 Å². The Morgan fingerprint density at radius 2 is 1.60 bits per heavy atom. The molecule has 1 saturated heterocycles. The van der Waals surface area contributed by atoms with Gasteiger partial charge in [0.1, 0.15) is 18.8 Å². The maximum atomic E-state index is 10.7. The van der Waals surface area contributed by atoms with Crippen LogP contribution in [-0.4, -0.2) is 53.0 Å². The van der Waals surface area contributed by atoms with Crippen molar-refractivity contribution in [2.75, 3.05) is 6.61 Å². The highest BCUT2D eigenvalue weighted by Crippen LogP contribution is 2.11. The molecule has 1 aliphatic rings. The first-order chi connectivity index (χ1) is 11.6. The van der Waals surface area contributed by atoms with Crippen LogP contribution in [0, 0.1) is 0 Å². The highest BCUT2D eigenvalue weighted by atomic mass is 16.6. The summed E-state index contributed by atoms with van der Waals surface area (Å²) in [6.45, 7) is 14.5. The van der Waals surface area contributed by atoms with Gasteiger partial charge in [0.05, 0.1) is 6.10 Å². The number of hydrogen-bond donors (Lipinski definition) is 2. The van der Waals surface area contributed by atoms with Gasteiger partial charge in [-0.05, 0) is 26.8 Å². The highest BCUT2D eigenvalue weighted by molar-refractivity contribution is 5.99. The van der Waals surface area contributed by atoms with Crippen molar-refractivity contribution in [1.82, 2.24) is 0 Å². The Kier molecular flexibility index (Phi) is 13.8. The summed E-state index contributed by atoms with van der Waals surface area (Å²) in [6, 6.07) is 0. The molecule has 1 aliphatic heterocycles. The highest BCUT2D eigenvalue weighted by Gasteiger charge is 2.26. The van der Waals surface area contributed by atoms with Crippen molar-refractivity contribution < 1.29 is 38.8 Å². The number of epoxide rings is 1. The SMILES string of the molecule is C=C1OC1=O.C=CC(=O)OCC(O)C(C)OC(=O)C=C.CCC(C)O.